The average molecular weight is 406 g/mol. The second-order valence-electron chi connectivity index (χ2n) is 6.58. The number of anilines is 1. The van der Waals surface area contributed by atoms with Crippen molar-refractivity contribution in [3.05, 3.63) is 75.7 Å². The Balaban J connectivity index is 1.89. The number of hydrogen-bond donors (Lipinski definition) is 1. The van der Waals surface area contributed by atoms with E-state index >= 15 is 0 Å². The Labute approximate surface area is 171 Å². The highest BCUT2D eigenvalue weighted by atomic mass is 16.6. The van der Waals surface area contributed by atoms with Crippen LogP contribution in [0.2, 0.25) is 0 Å². The van der Waals surface area contributed by atoms with Crippen LogP contribution in [0.5, 0.6) is 0 Å². The molecule has 0 saturated heterocycles. The molecule has 1 N–H and O–H groups in total. The molecule has 3 heterocycles. The number of ether oxygens (including phenoxy) is 1. The summed E-state index contributed by atoms with van der Waals surface area (Å²) < 4.78 is 6.80. The Kier molecular flexibility index (Phi) is 4.97. The number of allylic oxidation sites excluding steroid dienone is 1. The number of pyridine rings is 1. The van der Waals surface area contributed by atoms with Gasteiger partial charge in [0.15, 0.2) is 5.82 Å². The standard InChI is InChI=1S/C20H18N6O4/c1-3-30-19(27)16-12(2)22-20-23-18(13-7-9-21-10-8-13)24-25(20)17(16)14-5-4-6-15(11-14)26(28)29/h4-11,17H,3H2,1-2H3,(H,22,23,24)/t17-/m0/s1. The molecule has 3 aromatic rings. The van der Waals surface area contributed by atoms with Crippen molar-refractivity contribution in [3.63, 3.8) is 0 Å². The summed E-state index contributed by atoms with van der Waals surface area (Å²) in [5, 5.41) is 19.0. The predicted octanol–water partition coefficient (Wildman–Crippen LogP) is 3.10. The van der Waals surface area contributed by atoms with Crippen LogP contribution in [0, 0.1) is 10.1 Å². The molecule has 1 aliphatic heterocycles. The van der Waals surface area contributed by atoms with Gasteiger partial charge in [-0.1, -0.05) is 12.1 Å². The lowest BCUT2D eigenvalue weighted by Crippen LogP contribution is -2.29. The van der Waals surface area contributed by atoms with Gasteiger partial charge in [0.25, 0.3) is 5.69 Å². The van der Waals surface area contributed by atoms with Gasteiger partial charge in [-0.05, 0) is 31.5 Å². The van der Waals surface area contributed by atoms with Gasteiger partial charge in [0, 0.05) is 35.8 Å². The summed E-state index contributed by atoms with van der Waals surface area (Å²) in [5.74, 6) is 0.336. The molecule has 0 saturated carbocycles. The molecule has 2 aromatic heterocycles. The summed E-state index contributed by atoms with van der Waals surface area (Å²) in [4.78, 5) is 32.1. The molecule has 1 aliphatic rings. The largest absolute Gasteiger partial charge is 0.463 e. The molecule has 10 nitrogen and oxygen atoms in total. The highest BCUT2D eigenvalue weighted by Gasteiger charge is 2.35. The smallest absolute Gasteiger partial charge is 0.338 e. The Morgan fingerprint density at radius 1 is 1.30 bits per heavy atom. The fourth-order valence-electron chi connectivity index (χ4n) is 3.36. The van der Waals surface area contributed by atoms with Crippen LogP contribution in [0.1, 0.15) is 25.5 Å². The zero-order valence-corrected chi connectivity index (χ0v) is 16.3. The predicted molar refractivity (Wildman–Crippen MR) is 107 cm³/mol. The van der Waals surface area contributed by atoms with Crippen molar-refractivity contribution < 1.29 is 14.5 Å². The number of benzene rings is 1. The fraction of sp³-hybridized carbons (Fsp3) is 0.200. The van der Waals surface area contributed by atoms with Gasteiger partial charge in [0.1, 0.15) is 6.04 Å². The highest BCUT2D eigenvalue weighted by Crippen LogP contribution is 2.37. The lowest BCUT2D eigenvalue weighted by molar-refractivity contribution is -0.384. The summed E-state index contributed by atoms with van der Waals surface area (Å²) >= 11 is 0. The molecule has 0 radical (unpaired) electrons. The van der Waals surface area contributed by atoms with Gasteiger partial charge in [-0.15, -0.1) is 5.10 Å². The van der Waals surface area contributed by atoms with Crippen molar-refractivity contribution in [3.8, 4) is 11.4 Å². The van der Waals surface area contributed by atoms with Crippen molar-refractivity contribution in [2.45, 2.75) is 19.9 Å². The second-order valence-corrected chi connectivity index (χ2v) is 6.58. The van der Waals surface area contributed by atoms with E-state index in [1.54, 1.807) is 55.2 Å². The third-order valence-electron chi connectivity index (χ3n) is 4.68. The van der Waals surface area contributed by atoms with E-state index in [1.165, 1.54) is 12.1 Å². The molecule has 10 heteroatoms. The number of fused-ring (bicyclic) bond motifs is 1. The minimum atomic E-state index is -0.733. The number of rotatable bonds is 5. The number of nitro groups is 1. The number of esters is 1. The molecular weight excluding hydrogens is 388 g/mol. The maximum absolute atomic E-state index is 12.8. The molecule has 1 atom stereocenters. The molecule has 1 aromatic carbocycles. The summed E-state index contributed by atoms with van der Waals surface area (Å²) in [6, 6.07) is 8.94. The van der Waals surface area contributed by atoms with Gasteiger partial charge in [0.05, 0.1) is 17.1 Å². The first kappa shape index (κ1) is 19.2. The van der Waals surface area contributed by atoms with Gasteiger partial charge < -0.3 is 10.1 Å². The maximum atomic E-state index is 12.8. The molecule has 0 fully saturated rings. The zero-order chi connectivity index (χ0) is 21.3. The number of aromatic nitrogens is 4. The molecule has 0 amide bonds. The van der Waals surface area contributed by atoms with Crippen LogP contribution in [0.15, 0.2) is 60.1 Å². The van der Waals surface area contributed by atoms with E-state index in [0.717, 1.165) is 5.56 Å². The first-order chi connectivity index (χ1) is 14.5. The zero-order valence-electron chi connectivity index (χ0n) is 16.3. The van der Waals surface area contributed by atoms with Gasteiger partial charge in [-0.2, -0.15) is 4.98 Å². The van der Waals surface area contributed by atoms with Gasteiger partial charge in [0.2, 0.25) is 5.95 Å². The van der Waals surface area contributed by atoms with E-state index in [-0.39, 0.29) is 12.3 Å². The van der Waals surface area contributed by atoms with Crippen LogP contribution in [0.25, 0.3) is 11.4 Å². The number of carbonyl (C=O) groups is 1. The summed E-state index contributed by atoms with van der Waals surface area (Å²) in [7, 11) is 0. The van der Waals surface area contributed by atoms with E-state index in [1.807, 2.05) is 0 Å². The second kappa shape index (κ2) is 7.74. The van der Waals surface area contributed by atoms with Crippen LogP contribution >= 0.6 is 0 Å². The number of nitrogens with one attached hydrogen (secondary N) is 1. The van der Waals surface area contributed by atoms with Gasteiger partial charge in [-0.3, -0.25) is 15.1 Å². The van der Waals surface area contributed by atoms with E-state index in [4.69, 9.17) is 4.74 Å². The first-order valence-electron chi connectivity index (χ1n) is 9.25. The number of hydrogen-bond acceptors (Lipinski definition) is 8. The highest BCUT2D eigenvalue weighted by molar-refractivity contribution is 5.92. The third kappa shape index (κ3) is 3.39. The lowest BCUT2D eigenvalue weighted by Gasteiger charge is -2.28. The Morgan fingerprint density at radius 3 is 2.77 bits per heavy atom. The van der Waals surface area contributed by atoms with Crippen molar-refractivity contribution >= 4 is 17.6 Å². The minimum absolute atomic E-state index is 0.0806. The summed E-state index contributed by atoms with van der Waals surface area (Å²) in [6.45, 7) is 3.65. The van der Waals surface area contributed by atoms with Crippen LogP contribution in [0.4, 0.5) is 11.6 Å². The molecule has 0 unspecified atom stereocenters. The number of nitro benzene ring substituents is 1. The van der Waals surface area contributed by atoms with Gasteiger partial charge >= 0.3 is 5.97 Å². The normalized spacial score (nSPS) is 15.3. The molecule has 4 rings (SSSR count). The van der Waals surface area contributed by atoms with Crippen LogP contribution in [0.3, 0.4) is 0 Å². The topological polar surface area (TPSA) is 125 Å². The fourth-order valence-corrected chi connectivity index (χ4v) is 3.36. The van der Waals surface area contributed by atoms with Crippen molar-refractivity contribution in [1.29, 1.82) is 0 Å². The quantitative estimate of drug-likeness (QED) is 0.389. The number of non-ortho nitro benzene ring substituents is 1. The molecule has 30 heavy (non-hydrogen) atoms. The monoisotopic (exact) mass is 406 g/mol. The molecule has 0 spiro atoms. The van der Waals surface area contributed by atoms with Crippen LogP contribution in [-0.2, 0) is 9.53 Å². The van der Waals surface area contributed by atoms with Crippen molar-refractivity contribution in [1.82, 2.24) is 19.7 Å². The average Bonchev–Trinajstić information content (AvgIpc) is 3.17. The lowest BCUT2D eigenvalue weighted by atomic mass is 9.95. The summed E-state index contributed by atoms with van der Waals surface area (Å²) in [6.07, 6.45) is 3.27. The molecular formula is C20H18N6O4. The van der Waals surface area contributed by atoms with E-state index in [2.05, 4.69) is 20.4 Å². The van der Waals surface area contributed by atoms with E-state index in [0.29, 0.717) is 28.6 Å². The van der Waals surface area contributed by atoms with Crippen molar-refractivity contribution in [2.75, 3.05) is 11.9 Å². The number of nitrogens with zero attached hydrogens (tertiary/aromatic N) is 5. The Bertz CT molecular complexity index is 1160. The Hall–Kier alpha value is -4.08. The van der Waals surface area contributed by atoms with Gasteiger partial charge in [-0.25, -0.2) is 9.48 Å². The van der Waals surface area contributed by atoms with E-state index < -0.39 is 16.9 Å². The maximum Gasteiger partial charge on any atom is 0.338 e. The molecule has 0 bridgehead atoms. The summed E-state index contributed by atoms with van der Waals surface area (Å²) in [5.41, 5.74) is 2.06. The van der Waals surface area contributed by atoms with Crippen molar-refractivity contribution in [2.24, 2.45) is 0 Å². The van der Waals surface area contributed by atoms with E-state index in [9.17, 15) is 14.9 Å². The number of carbonyl (C=O) groups excluding carboxylic acids is 1. The van der Waals surface area contributed by atoms with Crippen LogP contribution in [-0.4, -0.2) is 37.2 Å². The SMILES string of the molecule is CCOC(=O)C1=C(C)Nc2nc(-c3ccncc3)nn2[C@H]1c1cccc([N+](=O)[O-])c1. The Morgan fingerprint density at radius 2 is 2.07 bits per heavy atom. The third-order valence-corrected chi connectivity index (χ3v) is 4.68. The minimum Gasteiger partial charge on any atom is -0.463 e. The van der Waals surface area contributed by atoms with Crippen LogP contribution < -0.4 is 5.32 Å². The molecule has 152 valence electrons. The molecule has 0 aliphatic carbocycles. The first-order valence-corrected chi connectivity index (χ1v) is 9.25.